The van der Waals surface area contributed by atoms with Crippen molar-refractivity contribution in [3.63, 3.8) is 0 Å². The first-order valence-corrected chi connectivity index (χ1v) is 9.32. The number of hydrogen-bond donors (Lipinski definition) is 1. The Morgan fingerprint density at radius 1 is 1.12 bits per heavy atom. The molecule has 0 saturated carbocycles. The molecule has 2 fully saturated rings. The Kier molecular flexibility index (Phi) is 3.94. The summed E-state index contributed by atoms with van der Waals surface area (Å²) in [4.78, 5) is 28.1. The summed E-state index contributed by atoms with van der Waals surface area (Å²) in [6, 6.07) is 10.1. The fourth-order valence-electron chi connectivity index (χ4n) is 4.96. The minimum absolute atomic E-state index is 0.0264. The monoisotopic (exact) mass is 338 g/mol. The molecule has 1 aromatic carbocycles. The third-order valence-electron chi connectivity index (χ3n) is 6.51. The van der Waals surface area contributed by atoms with Crippen LogP contribution in [0.4, 0.5) is 0 Å². The number of rotatable bonds is 1. The predicted molar refractivity (Wildman–Crippen MR) is 97.0 cm³/mol. The van der Waals surface area contributed by atoms with E-state index in [9.17, 15) is 9.59 Å². The normalized spacial score (nSPS) is 32.6. The summed E-state index contributed by atoms with van der Waals surface area (Å²) in [6.45, 7) is 5.47. The molecule has 0 radical (unpaired) electrons. The zero-order valence-corrected chi connectivity index (χ0v) is 15.0. The first-order chi connectivity index (χ1) is 12.0. The summed E-state index contributed by atoms with van der Waals surface area (Å²) in [5.41, 5.74) is 3.32. The van der Waals surface area contributed by atoms with Gasteiger partial charge >= 0.3 is 0 Å². The average Bonchev–Trinajstić information content (AvgIpc) is 3.09. The van der Waals surface area contributed by atoms with Crippen LogP contribution in [-0.4, -0.2) is 35.8 Å². The molecule has 3 aliphatic rings. The van der Waals surface area contributed by atoms with Crippen LogP contribution in [0.5, 0.6) is 0 Å². The molecule has 0 unspecified atom stereocenters. The van der Waals surface area contributed by atoms with Crippen molar-refractivity contribution in [2.45, 2.75) is 51.5 Å². The van der Waals surface area contributed by atoms with Crippen molar-refractivity contribution in [1.29, 1.82) is 0 Å². The summed E-state index contributed by atoms with van der Waals surface area (Å²) in [6.07, 6.45) is 3.33. The summed E-state index contributed by atoms with van der Waals surface area (Å²) >= 11 is 0. The predicted octanol–water partition coefficient (Wildman–Crippen LogP) is 3.01. The molecule has 2 heterocycles. The van der Waals surface area contributed by atoms with E-state index in [0.29, 0.717) is 13.1 Å². The second-order valence-corrected chi connectivity index (χ2v) is 7.94. The number of fused-ring (bicyclic) bond motifs is 1. The van der Waals surface area contributed by atoms with Crippen molar-refractivity contribution in [3.8, 4) is 0 Å². The van der Waals surface area contributed by atoms with Crippen LogP contribution in [0.3, 0.4) is 0 Å². The van der Waals surface area contributed by atoms with Gasteiger partial charge in [0.2, 0.25) is 11.8 Å². The molecular formula is C21H26N2O2. The van der Waals surface area contributed by atoms with Gasteiger partial charge in [0.15, 0.2) is 0 Å². The number of hydrogen-bond acceptors (Lipinski definition) is 2. The van der Waals surface area contributed by atoms with Crippen LogP contribution in [-0.2, 0) is 9.59 Å². The highest BCUT2D eigenvalue weighted by Gasteiger charge is 2.54. The van der Waals surface area contributed by atoms with E-state index in [4.69, 9.17) is 0 Å². The molecule has 0 aromatic heterocycles. The van der Waals surface area contributed by atoms with Crippen molar-refractivity contribution in [2.75, 3.05) is 13.1 Å². The zero-order chi connectivity index (χ0) is 17.6. The molecule has 2 amide bonds. The maximum absolute atomic E-state index is 13.7. The van der Waals surface area contributed by atoms with Gasteiger partial charge in [-0.2, -0.15) is 0 Å². The molecule has 1 aliphatic carbocycles. The van der Waals surface area contributed by atoms with Gasteiger partial charge in [0.25, 0.3) is 0 Å². The number of amides is 2. The van der Waals surface area contributed by atoms with E-state index < -0.39 is 5.41 Å². The quantitative estimate of drug-likeness (QED) is 0.800. The van der Waals surface area contributed by atoms with Gasteiger partial charge in [-0.05, 0) is 45.1 Å². The van der Waals surface area contributed by atoms with Gasteiger partial charge in [-0.25, -0.2) is 0 Å². The smallest absolute Gasteiger partial charge is 0.242 e. The molecule has 132 valence electrons. The molecule has 4 rings (SSSR count). The van der Waals surface area contributed by atoms with E-state index in [1.807, 2.05) is 23.1 Å². The van der Waals surface area contributed by atoms with E-state index in [-0.39, 0.29) is 23.8 Å². The molecular weight excluding hydrogens is 312 g/mol. The highest BCUT2D eigenvalue weighted by molar-refractivity contribution is 5.94. The zero-order valence-electron chi connectivity index (χ0n) is 15.0. The fourth-order valence-corrected chi connectivity index (χ4v) is 4.96. The van der Waals surface area contributed by atoms with Crippen LogP contribution in [0.25, 0.3) is 0 Å². The van der Waals surface area contributed by atoms with E-state index in [1.54, 1.807) is 0 Å². The summed E-state index contributed by atoms with van der Waals surface area (Å²) in [5.74, 6) is 0.317. The van der Waals surface area contributed by atoms with Gasteiger partial charge in [-0.3, -0.25) is 9.59 Å². The highest BCUT2D eigenvalue weighted by Crippen LogP contribution is 2.51. The lowest BCUT2D eigenvalue weighted by Gasteiger charge is -2.44. The van der Waals surface area contributed by atoms with Crippen LogP contribution in [0.1, 0.15) is 51.0 Å². The Balaban J connectivity index is 1.83. The van der Waals surface area contributed by atoms with Crippen molar-refractivity contribution in [2.24, 2.45) is 5.41 Å². The summed E-state index contributed by atoms with van der Waals surface area (Å²) < 4.78 is 0. The maximum Gasteiger partial charge on any atom is 0.242 e. The minimum Gasteiger partial charge on any atom is -0.353 e. The SMILES string of the molecule is CC1=C(C)C[C@]2(CNC(=O)[C@@H]3CCCN3C2=O)[C@H](c2ccccc2)C1. The molecule has 2 saturated heterocycles. The van der Waals surface area contributed by atoms with Crippen LogP contribution >= 0.6 is 0 Å². The largest absolute Gasteiger partial charge is 0.353 e. The Bertz CT molecular complexity index is 740. The molecule has 0 bridgehead atoms. The third kappa shape index (κ3) is 2.50. The number of allylic oxidation sites excluding steroid dienone is 2. The van der Waals surface area contributed by atoms with Crippen LogP contribution < -0.4 is 5.32 Å². The second-order valence-electron chi connectivity index (χ2n) is 7.94. The molecule has 3 atom stereocenters. The van der Waals surface area contributed by atoms with E-state index in [0.717, 1.165) is 25.7 Å². The molecule has 1 aromatic rings. The van der Waals surface area contributed by atoms with Gasteiger partial charge < -0.3 is 10.2 Å². The van der Waals surface area contributed by atoms with E-state index in [1.165, 1.54) is 16.7 Å². The third-order valence-corrected chi connectivity index (χ3v) is 6.51. The average molecular weight is 338 g/mol. The van der Waals surface area contributed by atoms with E-state index >= 15 is 0 Å². The number of carbonyl (C=O) groups is 2. The van der Waals surface area contributed by atoms with Gasteiger partial charge in [0, 0.05) is 19.0 Å². The summed E-state index contributed by atoms with van der Waals surface area (Å²) in [5, 5.41) is 3.12. The maximum atomic E-state index is 13.7. The number of nitrogens with one attached hydrogen (secondary N) is 1. The van der Waals surface area contributed by atoms with E-state index in [2.05, 4.69) is 31.3 Å². The summed E-state index contributed by atoms with van der Waals surface area (Å²) in [7, 11) is 0. The molecule has 2 aliphatic heterocycles. The van der Waals surface area contributed by atoms with Crippen molar-refractivity contribution in [1.82, 2.24) is 10.2 Å². The number of nitrogens with zero attached hydrogens (tertiary/aromatic N) is 1. The molecule has 4 nitrogen and oxygen atoms in total. The lowest BCUT2D eigenvalue weighted by molar-refractivity contribution is -0.144. The van der Waals surface area contributed by atoms with Gasteiger partial charge in [0.05, 0.1) is 5.41 Å². The minimum atomic E-state index is -0.556. The lowest BCUT2D eigenvalue weighted by atomic mass is 9.61. The van der Waals surface area contributed by atoms with Gasteiger partial charge in [0.1, 0.15) is 6.04 Å². The van der Waals surface area contributed by atoms with Gasteiger partial charge in [-0.1, -0.05) is 41.5 Å². The topological polar surface area (TPSA) is 49.4 Å². The van der Waals surface area contributed by atoms with Crippen molar-refractivity contribution in [3.05, 3.63) is 47.0 Å². The fraction of sp³-hybridized carbons (Fsp3) is 0.524. The Hall–Kier alpha value is -2.10. The van der Waals surface area contributed by atoms with Crippen molar-refractivity contribution >= 4 is 11.8 Å². The Labute approximate surface area is 149 Å². The number of carbonyl (C=O) groups excluding carboxylic acids is 2. The molecule has 1 N–H and O–H groups in total. The van der Waals surface area contributed by atoms with Crippen molar-refractivity contribution < 1.29 is 9.59 Å². The highest BCUT2D eigenvalue weighted by atomic mass is 16.2. The first-order valence-electron chi connectivity index (χ1n) is 9.32. The second kappa shape index (κ2) is 6.01. The Morgan fingerprint density at radius 3 is 2.64 bits per heavy atom. The molecule has 4 heteroatoms. The number of benzene rings is 1. The Morgan fingerprint density at radius 2 is 1.88 bits per heavy atom. The molecule has 25 heavy (non-hydrogen) atoms. The van der Waals surface area contributed by atoms with Crippen LogP contribution in [0.15, 0.2) is 41.5 Å². The lowest BCUT2D eigenvalue weighted by Crippen LogP contribution is -2.51. The van der Waals surface area contributed by atoms with Gasteiger partial charge in [-0.15, -0.1) is 0 Å². The van der Waals surface area contributed by atoms with Crippen LogP contribution in [0.2, 0.25) is 0 Å². The standard InChI is InChI=1S/C21H26N2O2/c1-14-11-17(16-7-4-3-5-8-16)21(12-15(14)2)13-22-19(24)18-9-6-10-23(18)20(21)25/h3-5,7-8,17-18H,6,9-13H2,1-2H3,(H,22,24)/t17-,18-,21-/m0/s1. The first kappa shape index (κ1) is 16.4. The van der Waals surface area contributed by atoms with Crippen LogP contribution in [0, 0.1) is 5.41 Å². The molecule has 1 spiro atoms.